The van der Waals surface area contributed by atoms with Gasteiger partial charge >= 0.3 is 0 Å². The first-order valence-corrected chi connectivity index (χ1v) is 9.40. The highest BCUT2D eigenvalue weighted by Crippen LogP contribution is 2.31. The van der Waals surface area contributed by atoms with Gasteiger partial charge in [-0.3, -0.25) is 4.79 Å². The van der Waals surface area contributed by atoms with Crippen molar-refractivity contribution in [3.05, 3.63) is 93.5 Å². The normalized spacial score (nSPS) is 14.2. The van der Waals surface area contributed by atoms with Gasteiger partial charge < -0.3 is 9.64 Å². The van der Waals surface area contributed by atoms with E-state index in [-0.39, 0.29) is 5.02 Å². The zero-order valence-corrected chi connectivity index (χ0v) is 16.5. The maximum absolute atomic E-state index is 12.9. The molecule has 28 heavy (non-hydrogen) atoms. The van der Waals surface area contributed by atoms with Crippen LogP contribution in [0, 0.1) is 0 Å². The maximum atomic E-state index is 12.9. The summed E-state index contributed by atoms with van der Waals surface area (Å²) in [6, 6.07) is 20.3. The van der Waals surface area contributed by atoms with Crippen LogP contribution in [0.4, 0.5) is 5.69 Å². The third-order valence-electron chi connectivity index (χ3n) is 4.60. The van der Waals surface area contributed by atoms with Crippen LogP contribution >= 0.6 is 23.2 Å². The van der Waals surface area contributed by atoms with E-state index in [1.807, 2.05) is 53.4 Å². The number of carbonyl (C=O) groups excluding carboxylic acids is 1. The Morgan fingerprint density at radius 3 is 2.50 bits per heavy atom. The van der Waals surface area contributed by atoms with Crippen LogP contribution in [-0.4, -0.2) is 18.9 Å². The molecule has 1 aliphatic heterocycles. The Balaban J connectivity index is 1.77. The summed E-state index contributed by atoms with van der Waals surface area (Å²) in [5.74, 6) is 0.951. The fourth-order valence-corrected chi connectivity index (χ4v) is 3.67. The molecular formula is C22H16Cl2N2O2. The molecule has 0 aliphatic carbocycles. The molecular weight excluding hydrogens is 395 g/mol. The van der Waals surface area contributed by atoms with E-state index in [9.17, 15) is 4.79 Å². The summed E-state index contributed by atoms with van der Waals surface area (Å²) in [6.45, 7) is 0.628. The lowest BCUT2D eigenvalue weighted by atomic mass is 10.1. The van der Waals surface area contributed by atoms with Gasteiger partial charge in [0.2, 0.25) is 0 Å². The summed E-state index contributed by atoms with van der Waals surface area (Å²) < 4.78 is 5.24. The molecule has 0 saturated carbocycles. The van der Waals surface area contributed by atoms with Gasteiger partial charge in [0.1, 0.15) is 11.6 Å². The van der Waals surface area contributed by atoms with Crippen molar-refractivity contribution in [2.24, 2.45) is 4.99 Å². The molecule has 0 aromatic heterocycles. The maximum Gasteiger partial charge on any atom is 0.280 e. The molecule has 0 N–H and O–H groups in total. The van der Waals surface area contributed by atoms with Crippen LogP contribution in [0.1, 0.15) is 21.5 Å². The Kier molecular flexibility index (Phi) is 5.07. The van der Waals surface area contributed by atoms with Crippen LogP contribution in [0.25, 0.3) is 0 Å². The fourth-order valence-electron chi connectivity index (χ4n) is 3.18. The lowest BCUT2D eigenvalue weighted by Crippen LogP contribution is -2.25. The van der Waals surface area contributed by atoms with Gasteiger partial charge in [0.15, 0.2) is 0 Å². The monoisotopic (exact) mass is 410 g/mol. The molecule has 3 aromatic rings. The first-order chi connectivity index (χ1) is 13.6. The summed E-state index contributed by atoms with van der Waals surface area (Å²) in [6.07, 6.45) is 0. The number of anilines is 1. The Hall–Kier alpha value is -2.82. The van der Waals surface area contributed by atoms with Gasteiger partial charge in [-0.05, 0) is 48.0 Å². The number of halogens is 2. The van der Waals surface area contributed by atoms with E-state index in [0.29, 0.717) is 23.0 Å². The van der Waals surface area contributed by atoms with Crippen LogP contribution in [0.15, 0.2) is 71.7 Å². The molecule has 0 radical (unpaired) electrons. The third-order valence-corrected chi connectivity index (χ3v) is 5.14. The molecule has 0 unspecified atom stereocenters. The lowest BCUT2D eigenvalue weighted by molar-refractivity contribution is 0.100. The molecule has 1 amide bonds. The minimum atomic E-state index is -0.410. The van der Waals surface area contributed by atoms with Crippen LogP contribution in [0.5, 0.6) is 5.75 Å². The molecule has 0 spiro atoms. The molecule has 0 atom stereocenters. The molecule has 4 nitrogen and oxygen atoms in total. The number of aliphatic imine (C=N–C) groups is 1. The van der Waals surface area contributed by atoms with Crippen LogP contribution in [0.2, 0.25) is 10.0 Å². The molecule has 140 valence electrons. The Bertz CT molecular complexity index is 1080. The van der Waals surface area contributed by atoms with Gasteiger partial charge in [-0.25, -0.2) is 0 Å². The molecule has 0 saturated heterocycles. The highest BCUT2D eigenvalue weighted by Gasteiger charge is 2.27. The van der Waals surface area contributed by atoms with Crippen molar-refractivity contribution in [3.63, 3.8) is 0 Å². The average molecular weight is 411 g/mol. The van der Waals surface area contributed by atoms with E-state index >= 15 is 0 Å². The Labute approximate surface area is 173 Å². The largest absolute Gasteiger partial charge is 0.497 e. The second kappa shape index (κ2) is 7.66. The van der Waals surface area contributed by atoms with Gasteiger partial charge in [-0.1, -0.05) is 47.5 Å². The molecule has 6 heteroatoms. The second-order valence-electron chi connectivity index (χ2n) is 6.31. The van der Waals surface area contributed by atoms with E-state index in [2.05, 4.69) is 4.99 Å². The third kappa shape index (κ3) is 3.49. The summed E-state index contributed by atoms with van der Waals surface area (Å²) in [7, 11) is 1.63. The number of rotatable bonds is 3. The van der Waals surface area contributed by atoms with E-state index in [4.69, 9.17) is 27.9 Å². The number of fused-ring (bicyclic) bond motifs is 1. The van der Waals surface area contributed by atoms with Gasteiger partial charge in [0.25, 0.3) is 5.91 Å². The first kappa shape index (κ1) is 18.5. The van der Waals surface area contributed by atoms with Crippen molar-refractivity contribution >= 4 is 40.6 Å². The zero-order chi connectivity index (χ0) is 19.7. The molecule has 0 bridgehead atoms. The van der Waals surface area contributed by atoms with E-state index in [0.717, 1.165) is 22.6 Å². The number of benzene rings is 3. The van der Waals surface area contributed by atoms with Crippen molar-refractivity contribution in [1.29, 1.82) is 0 Å². The standard InChI is InChI=1S/C22H16Cl2N2O2/c1-28-17-9-7-16(8-10-17)26-13-14-4-2-3-5-18(14)21(26)25-22(27)19-11-6-15(23)12-20(19)24/h2-12H,13H2,1H3. The summed E-state index contributed by atoms with van der Waals surface area (Å²) in [5, 5.41) is 0.754. The summed E-state index contributed by atoms with van der Waals surface area (Å²) >= 11 is 12.1. The van der Waals surface area contributed by atoms with Gasteiger partial charge in [0.05, 0.1) is 24.2 Å². The highest BCUT2D eigenvalue weighted by molar-refractivity contribution is 6.37. The molecule has 3 aromatic carbocycles. The molecule has 1 aliphatic rings. The van der Waals surface area contributed by atoms with Crippen molar-refractivity contribution in [3.8, 4) is 5.75 Å². The number of carbonyl (C=O) groups is 1. The summed E-state index contributed by atoms with van der Waals surface area (Å²) in [5.41, 5.74) is 3.27. The number of ether oxygens (including phenoxy) is 1. The van der Waals surface area contributed by atoms with E-state index in [1.54, 1.807) is 25.3 Å². The minimum absolute atomic E-state index is 0.282. The molecule has 1 heterocycles. The number of nitrogens with zero attached hydrogens (tertiary/aromatic N) is 2. The van der Waals surface area contributed by atoms with Crippen molar-refractivity contribution in [1.82, 2.24) is 0 Å². The Morgan fingerprint density at radius 2 is 1.79 bits per heavy atom. The topological polar surface area (TPSA) is 41.9 Å². The summed E-state index contributed by atoms with van der Waals surface area (Å²) in [4.78, 5) is 19.3. The predicted octanol–water partition coefficient (Wildman–Crippen LogP) is 5.61. The number of amidine groups is 1. The number of methoxy groups -OCH3 is 1. The van der Waals surface area contributed by atoms with Crippen molar-refractivity contribution in [2.45, 2.75) is 6.54 Å². The average Bonchev–Trinajstić information content (AvgIpc) is 3.06. The first-order valence-electron chi connectivity index (χ1n) is 8.65. The smallest absolute Gasteiger partial charge is 0.280 e. The highest BCUT2D eigenvalue weighted by atomic mass is 35.5. The zero-order valence-electron chi connectivity index (χ0n) is 15.0. The van der Waals surface area contributed by atoms with E-state index in [1.165, 1.54) is 0 Å². The van der Waals surface area contributed by atoms with E-state index < -0.39 is 5.91 Å². The number of hydrogen-bond acceptors (Lipinski definition) is 2. The number of amides is 1. The van der Waals surface area contributed by atoms with Crippen LogP contribution in [-0.2, 0) is 6.54 Å². The van der Waals surface area contributed by atoms with Crippen LogP contribution in [0.3, 0.4) is 0 Å². The number of hydrogen-bond donors (Lipinski definition) is 0. The Morgan fingerprint density at radius 1 is 1.04 bits per heavy atom. The van der Waals surface area contributed by atoms with Gasteiger partial charge in [-0.15, -0.1) is 0 Å². The molecule has 0 fully saturated rings. The predicted molar refractivity (Wildman–Crippen MR) is 113 cm³/mol. The van der Waals surface area contributed by atoms with Crippen LogP contribution < -0.4 is 9.64 Å². The lowest BCUT2D eigenvalue weighted by Gasteiger charge is -2.19. The van der Waals surface area contributed by atoms with Crippen molar-refractivity contribution < 1.29 is 9.53 Å². The quantitative estimate of drug-likeness (QED) is 0.563. The minimum Gasteiger partial charge on any atom is -0.497 e. The SMILES string of the molecule is COc1ccc(N2Cc3ccccc3C2=NC(=O)c2ccc(Cl)cc2Cl)cc1. The van der Waals surface area contributed by atoms with Gasteiger partial charge in [0, 0.05) is 16.3 Å². The van der Waals surface area contributed by atoms with Gasteiger partial charge in [-0.2, -0.15) is 4.99 Å². The molecule has 4 rings (SSSR count). The fraction of sp³-hybridized carbons (Fsp3) is 0.0909. The second-order valence-corrected chi connectivity index (χ2v) is 7.15. The van der Waals surface area contributed by atoms with Crippen molar-refractivity contribution in [2.75, 3.05) is 12.0 Å².